The van der Waals surface area contributed by atoms with Gasteiger partial charge in [0, 0.05) is 36.6 Å². The number of esters is 1. The number of carbonyl (C=O) groups is 2. The van der Waals surface area contributed by atoms with Crippen LogP contribution in [0.1, 0.15) is 19.4 Å². The highest BCUT2D eigenvalue weighted by Gasteiger charge is 2.25. The van der Waals surface area contributed by atoms with E-state index in [1.54, 1.807) is 19.3 Å². The number of rotatable bonds is 5. The molecule has 1 heterocycles. The Morgan fingerprint density at radius 3 is 2.71 bits per heavy atom. The molecule has 1 unspecified atom stereocenters. The van der Waals surface area contributed by atoms with Gasteiger partial charge in [0.2, 0.25) is 0 Å². The van der Waals surface area contributed by atoms with Gasteiger partial charge in [0.1, 0.15) is 11.9 Å². The molecule has 2 rings (SSSR count). The van der Waals surface area contributed by atoms with E-state index in [1.165, 1.54) is 24.1 Å². The highest BCUT2D eigenvalue weighted by Crippen LogP contribution is 2.21. The first-order valence-corrected chi connectivity index (χ1v) is 7.70. The maximum atomic E-state index is 13.3. The summed E-state index contributed by atoms with van der Waals surface area (Å²) in [6, 6.07) is 3.21. The minimum Gasteiger partial charge on any atom is -0.467 e. The van der Waals surface area contributed by atoms with Gasteiger partial charge in [-0.1, -0.05) is 0 Å². The molecule has 0 spiro atoms. The highest BCUT2D eigenvalue weighted by molar-refractivity contribution is 5.87. The fourth-order valence-electron chi connectivity index (χ4n) is 2.37. The van der Waals surface area contributed by atoms with Crippen LogP contribution in [0.5, 0.6) is 0 Å². The largest absolute Gasteiger partial charge is 0.467 e. The van der Waals surface area contributed by atoms with Gasteiger partial charge < -0.3 is 19.9 Å². The molecule has 0 saturated heterocycles. The van der Waals surface area contributed by atoms with Crippen molar-refractivity contribution >= 4 is 22.9 Å². The van der Waals surface area contributed by atoms with E-state index in [4.69, 9.17) is 4.74 Å². The summed E-state index contributed by atoms with van der Waals surface area (Å²) in [5.74, 6) is -0.871. The van der Waals surface area contributed by atoms with Crippen LogP contribution >= 0.6 is 0 Å². The Labute approximate surface area is 140 Å². The number of hydrogen-bond donors (Lipinski definition) is 2. The average Bonchev–Trinajstić information content (AvgIpc) is 2.94. The van der Waals surface area contributed by atoms with Crippen LogP contribution in [0.25, 0.3) is 10.9 Å². The Kier molecular flexibility index (Phi) is 5.43. The predicted octanol–water partition coefficient (Wildman–Crippen LogP) is 2.44. The van der Waals surface area contributed by atoms with Gasteiger partial charge >= 0.3 is 12.0 Å². The summed E-state index contributed by atoms with van der Waals surface area (Å²) in [5.41, 5.74) is 1.44. The summed E-state index contributed by atoms with van der Waals surface area (Å²) in [6.45, 7) is 3.75. The summed E-state index contributed by atoms with van der Waals surface area (Å²) >= 11 is 0. The van der Waals surface area contributed by atoms with Crippen LogP contribution < -0.4 is 5.32 Å². The first-order chi connectivity index (χ1) is 11.3. The average molecular weight is 335 g/mol. The number of carbonyl (C=O) groups excluding carboxylic acids is 2. The fourth-order valence-corrected chi connectivity index (χ4v) is 2.37. The lowest BCUT2D eigenvalue weighted by Gasteiger charge is -2.25. The molecule has 0 bridgehead atoms. The molecule has 1 aromatic heterocycles. The molecule has 1 aromatic carbocycles. The fraction of sp³-hybridized carbons (Fsp3) is 0.412. The number of urea groups is 1. The van der Waals surface area contributed by atoms with E-state index < -0.39 is 12.0 Å². The zero-order chi connectivity index (χ0) is 17.9. The lowest BCUT2D eigenvalue weighted by molar-refractivity contribution is -0.142. The Balaban J connectivity index is 2.22. The molecule has 0 aliphatic carbocycles. The molecule has 0 fully saturated rings. The summed E-state index contributed by atoms with van der Waals surface area (Å²) in [7, 11) is 2.93. The van der Waals surface area contributed by atoms with Crippen molar-refractivity contribution in [2.75, 3.05) is 14.2 Å². The molecule has 7 heteroatoms. The van der Waals surface area contributed by atoms with Gasteiger partial charge in [0.15, 0.2) is 0 Å². The summed E-state index contributed by atoms with van der Waals surface area (Å²) in [5, 5.41) is 3.49. The minimum absolute atomic E-state index is 0.000592. The topological polar surface area (TPSA) is 74.4 Å². The maximum absolute atomic E-state index is 13.3. The molecule has 130 valence electrons. The number of halogens is 1. The van der Waals surface area contributed by atoms with Gasteiger partial charge in [0.25, 0.3) is 0 Å². The van der Waals surface area contributed by atoms with Crippen LogP contribution in [0.15, 0.2) is 24.4 Å². The number of methoxy groups -OCH3 is 1. The number of aromatic amines is 1. The first-order valence-electron chi connectivity index (χ1n) is 7.70. The van der Waals surface area contributed by atoms with Crippen molar-refractivity contribution in [3.63, 3.8) is 0 Å². The van der Waals surface area contributed by atoms with E-state index in [0.29, 0.717) is 5.52 Å². The Morgan fingerprint density at radius 2 is 2.08 bits per heavy atom. The van der Waals surface area contributed by atoms with Crippen molar-refractivity contribution in [1.29, 1.82) is 0 Å². The van der Waals surface area contributed by atoms with E-state index in [9.17, 15) is 14.0 Å². The molecule has 6 nitrogen and oxygen atoms in total. The third-order valence-electron chi connectivity index (χ3n) is 4.03. The zero-order valence-corrected chi connectivity index (χ0v) is 14.2. The second-order valence-corrected chi connectivity index (χ2v) is 5.94. The molecule has 1 atom stereocenters. The van der Waals surface area contributed by atoms with E-state index >= 15 is 0 Å². The summed E-state index contributed by atoms with van der Waals surface area (Å²) in [4.78, 5) is 28.7. The number of amides is 2. The van der Waals surface area contributed by atoms with Gasteiger partial charge in [-0.3, -0.25) is 0 Å². The quantitative estimate of drug-likeness (QED) is 0.824. The number of aromatic nitrogens is 1. The summed E-state index contributed by atoms with van der Waals surface area (Å²) in [6.07, 6.45) is 1.95. The first kappa shape index (κ1) is 17.8. The predicted molar refractivity (Wildman–Crippen MR) is 89.2 cm³/mol. The molecular formula is C17H22FN3O3. The third kappa shape index (κ3) is 3.84. The van der Waals surface area contributed by atoms with E-state index in [-0.39, 0.29) is 24.3 Å². The number of nitrogens with one attached hydrogen (secondary N) is 2. The van der Waals surface area contributed by atoms with E-state index in [0.717, 1.165) is 10.9 Å². The van der Waals surface area contributed by atoms with Crippen molar-refractivity contribution < 1.29 is 18.7 Å². The number of nitrogens with zero attached hydrogens (tertiary/aromatic N) is 1. The standard InChI is InChI=1S/C17H22FN3O3/c1-10(2)21(3)17(23)20-15(16(22)24-4)7-11-9-19-14-8-12(18)5-6-13(11)14/h5-6,8-10,15,19H,7H2,1-4H3,(H,20,23). The number of hydrogen-bond acceptors (Lipinski definition) is 3. The van der Waals surface area contributed by atoms with Crippen LogP contribution in [-0.2, 0) is 16.0 Å². The Morgan fingerprint density at radius 1 is 1.38 bits per heavy atom. The van der Waals surface area contributed by atoms with Gasteiger partial charge in [-0.15, -0.1) is 0 Å². The summed E-state index contributed by atoms with van der Waals surface area (Å²) < 4.78 is 18.1. The smallest absolute Gasteiger partial charge is 0.328 e. The van der Waals surface area contributed by atoms with Gasteiger partial charge in [-0.05, 0) is 37.6 Å². The van der Waals surface area contributed by atoms with Crippen LogP contribution in [0.4, 0.5) is 9.18 Å². The van der Waals surface area contributed by atoms with Crippen LogP contribution in [0, 0.1) is 5.82 Å². The highest BCUT2D eigenvalue weighted by atomic mass is 19.1. The molecule has 2 amide bonds. The lowest BCUT2D eigenvalue weighted by atomic mass is 10.0. The molecule has 2 aromatic rings. The van der Waals surface area contributed by atoms with Crippen molar-refractivity contribution in [3.8, 4) is 0 Å². The number of H-pyrrole nitrogens is 1. The number of fused-ring (bicyclic) bond motifs is 1. The molecular weight excluding hydrogens is 313 g/mol. The van der Waals surface area contributed by atoms with Crippen LogP contribution in [0.3, 0.4) is 0 Å². The van der Waals surface area contributed by atoms with Crippen molar-refractivity contribution in [1.82, 2.24) is 15.2 Å². The van der Waals surface area contributed by atoms with Gasteiger partial charge in [-0.2, -0.15) is 0 Å². The van der Waals surface area contributed by atoms with Crippen molar-refractivity contribution in [2.45, 2.75) is 32.4 Å². The normalized spacial score (nSPS) is 12.2. The lowest BCUT2D eigenvalue weighted by Crippen LogP contribution is -2.49. The molecule has 0 radical (unpaired) electrons. The second kappa shape index (κ2) is 7.33. The molecule has 2 N–H and O–H groups in total. The van der Waals surface area contributed by atoms with Gasteiger partial charge in [-0.25, -0.2) is 14.0 Å². The molecule has 0 saturated carbocycles. The van der Waals surface area contributed by atoms with E-state index in [2.05, 4.69) is 10.3 Å². The third-order valence-corrected chi connectivity index (χ3v) is 4.03. The van der Waals surface area contributed by atoms with Crippen molar-refractivity contribution in [2.24, 2.45) is 0 Å². The van der Waals surface area contributed by atoms with Crippen molar-refractivity contribution in [3.05, 3.63) is 35.8 Å². The second-order valence-electron chi connectivity index (χ2n) is 5.94. The zero-order valence-electron chi connectivity index (χ0n) is 14.2. The molecule has 24 heavy (non-hydrogen) atoms. The Bertz CT molecular complexity index is 742. The SMILES string of the molecule is COC(=O)C(Cc1c[nH]c2cc(F)ccc12)NC(=O)N(C)C(C)C. The van der Waals surface area contributed by atoms with E-state index in [1.807, 2.05) is 13.8 Å². The van der Waals surface area contributed by atoms with Crippen LogP contribution in [-0.4, -0.2) is 48.1 Å². The molecule has 0 aliphatic heterocycles. The number of benzene rings is 1. The molecule has 0 aliphatic rings. The van der Waals surface area contributed by atoms with Gasteiger partial charge in [0.05, 0.1) is 7.11 Å². The minimum atomic E-state index is -0.826. The van der Waals surface area contributed by atoms with Crippen LogP contribution in [0.2, 0.25) is 0 Å². The maximum Gasteiger partial charge on any atom is 0.328 e. The monoisotopic (exact) mass is 335 g/mol. The number of ether oxygens (including phenoxy) is 1. The Hall–Kier alpha value is -2.57.